The summed E-state index contributed by atoms with van der Waals surface area (Å²) in [6.07, 6.45) is 4.96. The Morgan fingerprint density at radius 2 is 1.93 bits per heavy atom. The Morgan fingerprint density at radius 1 is 1.20 bits per heavy atom. The fraction of sp³-hybridized carbons (Fsp3) is 0.909. The van der Waals surface area contributed by atoms with Gasteiger partial charge in [-0.15, -0.1) is 0 Å². The lowest BCUT2D eigenvalue weighted by Crippen LogP contribution is -2.47. The van der Waals surface area contributed by atoms with Crippen molar-refractivity contribution in [1.82, 2.24) is 4.90 Å². The molecule has 3 rings (SSSR count). The van der Waals surface area contributed by atoms with Crippen LogP contribution in [0.15, 0.2) is 4.99 Å². The van der Waals surface area contributed by atoms with Crippen LogP contribution in [0.25, 0.3) is 0 Å². The number of aliphatic imine (C=N–C) groups is 1. The number of hydrogen-bond acceptors (Lipinski definition) is 4. The minimum Gasteiger partial charge on any atom is -0.381 e. The highest BCUT2D eigenvalue weighted by Gasteiger charge is 2.41. The highest BCUT2D eigenvalue weighted by Crippen LogP contribution is 2.35. The third-order valence-corrected chi connectivity index (χ3v) is 3.81. The average molecular weight is 209 g/mol. The summed E-state index contributed by atoms with van der Waals surface area (Å²) >= 11 is 0. The molecule has 1 atom stereocenters. The minimum absolute atomic E-state index is 0.571. The summed E-state index contributed by atoms with van der Waals surface area (Å²) in [6, 6.07) is 1.27. The highest BCUT2D eigenvalue weighted by atomic mass is 16.5. The quantitative estimate of drug-likeness (QED) is 0.723. The number of guanidine groups is 1. The molecule has 3 aliphatic rings. The zero-order valence-electron chi connectivity index (χ0n) is 9.06. The van der Waals surface area contributed by atoms with Crippen molar-refractivity contribution >= 4 is 5.96 Å². The van der Waals surface area contributed by atoms with E-state index in [2.05, 4.69) is 9.89 Å². The van der Waals surface area contributed by atoms with Gasteiger partial charge in [0.25, 0.3) is 0 Å². The number of nitrogens with zero attached hydrogens (tertiary/aromatic N) is 2. The first kappa shape index (κ1) is 9.46. The molecule has 2 fully saturated rings. The van der Waals surface area contributed by atoms with Crippen LogP contribution in [-0.2, 0) is 4.74 Å². The molecule has 4 heteroatoms. The molecule has 84 valence electrons. The minimum atomic E-state index is 0.571. The van der Waals surface area contributed by atoms with Crippen LogP contribution in [0.4, 0.5) is 0 Å². The summed E-state index contributed by atoms with van der Waals surface area (Å²) in [5.74, 6) is 1.53. The van der Waals surface area contributed by atoms with Crippen LogP contribution in [0.3, 0.4) is 0 Å². The molecule has 0 spiro atoms. The van der Waals surface area contributed by atoms with Crippen LogP contribution in [-0.4, -0.2) is 42.7 Å². The Kier molecular flexibility index (Phi) is 2.31. The fourth-order valence-corrected chi connectivity index (χ4v) is 2.81. The van der Waals surface area contributed by atoms with Crippen molar-refractivity contribution in [3.05, 3.63) is 0 Å². The van der Waals surface area contributed by atoms with E-state index < -0.39 is 0 Å². The van der Waals surface area contributed by atoms with Gasteiger partial charge in [-0.2, -0.15) is 0 Å². The van der Waals surface area contributed by atoms with E-state index in [0.717, 1.165) is 31.6 Å². The first-order valence-electron chi connectivity index (χ1n) is 6.02. The maximum absolute atomic E-state index is 5.96. The van der Waals surface area contributed by atoms with Crippen molar-refractivity contribution in [2.75, 3.05) is 19.8 Å². The van der Waals surface area contributed by atoms with E-state index in [0.29, 0.717) is 12.1 Å². The van der Waals surface area contributed by atoms with Crippen LogP contribution in [0.1, 0.15) is 25.7 Å². The molecule has 0 aromatic rings. The maximum Gasteiger partial charge on any atom is 0.191 e. The number of ether oxygens (including phenoxy) is 1. The van der Waals surface area contributed by atoms with E-state index in [9.17, 15) is 0 Å². The van der Waals surface area contributed by atoms with Gasteiger partial charge in [0, 0.05) is 19.3 Å². The second-order valence-corrected chi connectivity index (χ2v) is 4.85. The summed E-state index contributed by atoms with van der Waals surface area (Å²) in [7, 11) is 0. The smallest absolute Gasteiger partial charge is 0.191 e. The molecule has 1 aliphatic carbocycles. The number of hydrogen-bond donors (Lipinski definition) is 1. The molecule has 2 heterocycles. The van der Waals surface area contributed by atoms with E-state index in [-0.39, 0.29) is 0 Å². The van der Waals surface area contributed by atoms with E-state index >= 15 is 0 Å². The monoisotopic (exact) mass is 209 g/mol. The third-order valence-electron chi connectivity index (χ3n) is 3.81. The maximum atomic E-state index is 5.96. The van der Waals surface area contributed by atoms with Crippen molar-refractivity contribution in [3.8, 4) is 0 Å². The second-order valence-electron chi connectivity index (χ2n) is 4.85. The van der Waals surface area contributed by atoms with Gasteiger partial charge in [-0.05, 0) is 31.6 Å². The molecule has 2 N–H and O–H groups in total. The van der Waals surface area contributed by atoms with Crippen LogP contribution >= 0.6 is 0 Å². The molecular weight excluding hydrogens is 190 g/mol. The van der Waals surface area contributed by atoms with Crippen molar-refractivity contribution in [1.29, 1.82) is 0 Å². The topological polar surface area (TPSA) is 50.9 Å². The van der Waals surface area contributed by atoms with Crippen LogP contribution in [0.5, 0.6) is 0 Å². The lowest BCUT2D eigenvalue weighted by atomic mass is 9.91. The summed E-state index contributed by atoms with van der Waals surface area (Å²) in [6.45, 7) is 2.74. The summed E-state index contributed by atoms with van der Waals surface area (Å²) in [4.78, 5) is 6.80. The van der Waals surface area contributed by atoms with Gasteiger partial charge < -0.3 is 15.4 Å². The molecule has 2 aliphatic heterocycles. The third kappa shape index (κ3) is 1.71. The number of rotatable bonds is 2. The summed E-state index contributed by atoms with van der Waals surface area (Å²) in [5, 5.41) is 0. The summed E-state index contributed by atoms with van der Waals surface area (Å²) in [5.41, 5.74) is 5.96. The molecule has 0 bridgehead atoms. The summed E-state index contributed by atoms with van der Waals surface area (Å²) < 4.78 is 5.41. The Balaban J connectivity index is 1.69. The van der Waals surface area contributed by atoms with E-state index in [4.69, 9.17) is 10.5 Å². The van der Waals surface area contributed by atoms with Crippen LogP contribution in [0, 0.1) is 5.92 Å². The average Bonchev–Trinajstić information content (AvgIpc) is 3.03. The van der Waals surface area contributed by atoms with Gasteiger partial charge in [0.15, 0.2) is 5.96 Å². The standard InChI is InChI=1S/C11H19N3O/c12-11-13-7-10(14(11)9-1-2-9)8-3-5-15-6-4-8/h8-10H,1-7H2,(H2,12,13). The zero-order chi connectivity index (χ0) is 10.3. The molecule has 4 nitrogen and oxygen atoms in total. The van der Waals surface area contributed by atoms with Gasteiger partial charge >= 0.3 is 0 Å². The van der Waals surface area contributed by atoms with E-state index in [1.165, 1.54) is 25.7 Å². The van der Waals surface area contributed by atoms with Gasteiger partial charge in [-0.3, -0.25) is 4.99 Å². The Hall–Kier alpha value is -0.770. The SMILES string of the molecule is NC1=NCC(C2CCOCC2)N1C1CC1. The van der Waals surface area contributed by atoms with E-state index in [1.54, 1.807) is 0 Å². The lowest BCUT2D eigenvalue weighted by Gasteiger charge is -2.34. The number of nitrogens with two attached hydrogens (primary N) is 1. The van der Waals surface area contributed by atoms with Crippen LogP contribution < -0.4 is 5.73 Å². The van der Waals surface area contributed by atoms with Gasteiger partial charge in [-0.25, -0.2) is 0 Å². The zero-order valence-corrected chi connectivity index (χ0v) is 9.06. The van der Waals surface area contributed by atoms with Gasteiger partial charge in [-0.1, -0.05) is 0 Å². The molecule has 15 heavy (non-hydrogen) atoms. The Morgan fingerprint density at radius 3 is 2.60 bits per heavy atom. The van der Waals surface area contributed by atoms with Crippen molar-refractivity contribution in [3.63, 3.8) is 0 Å². The van der Waals surface area contributed by atoms with Gasteiger partial charge in [0.05, 0.1) is 12.6 Å². The first-order valence-corrected chi connectivity index (χ1v) is 6.02. The van der Waals surface area contributed by atoms with Crippen molar-refractivity contribution in [2.45, 2.75) is 37.8 Å². The van der Waals surface area contributed by atoms with Crippen molar-refractivity contribution < 1.29 is 4.74 Å². The largest absolute Gasteiger partial charge is 0.381 e. The molecular formula is C11H19N3O. The molecule has 0 radical (unpaired) electrons. The van der Waals surface area contributed by atoms with E-state index in [1.807, 2.05) is 0 Å². The molecule has 0 aromatic heterocycles. The molecule has 1 unspecified atom stereocenters. The van der Waals surface area contributed by atoms with Gasteiger partial charge in [0.2, 0.25) is 0 Å². The predicted octanol–water partition coefficient (Wildman–Crippen LogP) is 0.574. The normalized spacial score (nSPS) is 33.2. The Labute approximate surface area is 90.5 Å². The lowest BCUT2D eigenvalue weighted by molar-refractivity contribution is 0.0433. The van der Waals surface area contributed by atoms with Crippen LogP contribution in [0.2, 0.25) is 0 Å². The van der Waals surface area contributed by atoms with Crippen molar-refractivity contribution in [2.24, 2.45) is 16.6 Å². The highest BCUT2D eigenvalue weighted by molar-refractivity contribution is 5.80. The fourth-order valence-electron chi connectivity index (χ4n) is 2.81. The molecule has 0 amide bonds. The predicted molar refractivity (Wildman–Crippen MR) is 58.7 cm³/mol. The first-order chi connectivity index (χ1) is 7.36. The van der Waals surface area contributed by atoms with Gasteiger partial charge in [0.1, 0.15) is 0 Å². The molecule has 0 aromatic carbocycles. The Bertz CT molecular complexity index is 269. The molecule has 1 saturated heterocycles. The second kappa shape index (κ2) is 3.67. The molecule has 1 saturated carbocycles.